The third kappa shape index (κ3) is 2.30. The fourth-order valence-electron chi connectivity index (χ4n) is 0.723. The zero-order valence-electron chi connectivity index (χ0n) is 6.42. The maximum Gasteiger partial charge on any atom is 0.132 e. The molecule has 0 bridgehead atoms. The Kier molecular flexibility index (Phi) is 3.22. The van der Waals surface area contributed by atoms with Gasteiger partial charge in [-0.2, -0.15) is 0 Å². The SMILES string of the molecule is CO/N=C\c1cc(Br)ccc1F. The lowest BCUT2D eigenvalue weighted by Gasteiger charge is -1.95. The molecule has 4 heteroatoms. The second kappa shape index (κ2) is 4.21. The van der Waals surface area contributed by atoms with E-state index < -0.39 is 0 Å². The molecule has 0 aliphatic rings. The smallest absolute Gasteiger partial charge is 0.132 e. The summed E-state index contributed by atoms with van der Waals surface area (Å²) >= 11 is 3.22. The Bertz CT molecular complexity index is 301. The molecule has 0 aromatic heterocycles. The molecule has 1 aromatic carbocycles. The zero-order valence-corrected chi connectivity index (χ0v) is 8.01. The van der Waals surface area contributed by atoms with Gasteiger partial charge in [0.25, 0.3) is 0 Å². The van der Waals surface area contributed by atoms with Crippen molar-refractivity contribution in [2.45, 2.75) is 0 Å². The molecule has 0 saturated carbocycles. The number of nitrogens with zero attached hydrogens (tertiary/aromatic N) is 1. The van der Waals surface area contributed by atoms with Gasteiger partial charge in [-0.05, 0) is 18.2 Å². The quantitative estimate of drug-likeness (QED) is 0.567. The van der Waals surface area contributed by atoms with Crippen LogP contribution >= 0.6 is 15.9 Å². The molecule has 0 amide bonds. The van der Waals surface area contributed by atoms with Crippen molar-refractivity contribution in [1.82, 2.24) is 0 Å². The van der Waals surface area contributed by atoms with Crippen LogP contribution in [0.5, 0.6) is 0 Å². The van der Waals surface area contributed by atoms with E-state index >= 15 is 0 Å². The fraction of sp³-hybridized carbons (Fsp3) is 0.125. The average Bonchev–Trinajstić information content (AvgIpc) is 2.07. The van der Waals surface area contributed by atoms with Crippen LogP contribution in [0.25, 0.3) is 0 Å². The Hall–Kier alpha value is -0.900. The van der Waals surface area contributed by atoms with E-state index in [1.54, 1.807) is 12.1 Å². The summed E-state index contributed by atoms with van der Waals surface area (Å²) < 4.78 is 13.7. The van der Waals surface area contributed by atoms with Crippen molar-refractivity contribution in [3.05, 3.63) is 34.1 Å². The summed E-state index contributed by atoms with van der Waals surface area (Å²) in [6.45, 7) is 0. The van der Waals surface area contributed by atoms with Gasteiger partial charge in [-0.15, -0.1) is 0 Å². The molecule has 0 aliphatic heterocycles. The maximum atomic E-state index is 12.9. The second-order valence-electron chi connectivity index (χ2n) is 2.08. The van der Waals surface area contributed by atoms with Crippen molar-refractivity contribution in [3.63, 3.8) is 0 Å². The van der Waals surface area contributed by atoms with E-state index in [1.165, 1.54) is 19.4 Å². The van der Waals surface area contributed by atoms with Gasteiger partial charge >= 0.3 is 0 Å². The minimum atomic E-state index is -0.320. The highest BCUT2D eigenvalue weighted by atomic mass is 79.9. The van der Waals surface area contributed by atoms with E-state index in [9.17, 15) is 4.39 Å². The van der Waals surface area contributed by atoms with Crippen molar-refractivity contribution in [2.75, 3.05) is 7.11 Å². The van der Waals surface area contributed by atoms with Crippen LogP contribution in [0.3, 0.4) is 0 Å². The summed E-state index contributed by atoms with van der Waals surface area (Å²) in [7, 11) is 1.41. The van der Waals surface area contributed by atoms with Gasteiger partial charge in [0.2, 0.25) is 0 Å². The summed E-state index contributed by atoms with van der Waals surface area (Å²) in [5, 5.41) is 3.46. The lowest BCUT2D eigenvalue weighted by molar-refractivity contribution is 0.215. The second-order valence-corrected chi connectivity index (χ2v) is 3.00. The largest absolute Gasteiger partial charge is 0.399 e. The molecule has 0 aliphatic carbocycles. The Labute approximate surface area is 78.2 Å². The molecule has 12 heavy (non-hydrogen) atoms. The van der Waals surface area contributed by atoms with Crippen molar-refractivity contribution in [3.8, 4) is 0 Å². The Balaban J connectivity index is 2.97. The summed E-state index contributed by atoms with van der Waals surface area (Å²) in [4.78, 5) is 4.43. The number of benzene rings is 1. The molecule has 0 atom stereocenters. The molecular weight excluding hydrogens is 225 g/mol. The van der Waals surface area contributed by atoms with Gasteiger partial charge in [-0.3, -0.25) is 0 Å². The monoisotopic (exact) mass is 231 g/mol. The molecule has 64 valence electrons. The molecule has 0 heterocycles. The Morgan fingerprint density at radius 1 is 1.58 bits per heavy atom. The van der Waals surface area contributed by atoms with Gasteiger partial charge in [0.1, 0.15) is 12.9 Å². The van der Waals surface area contributed by atoms with Crippen LogP contribution < -0.4 is 0 Å². The van der Waals surface area contributed by atoms with E-state index in [-0.39, 0.29) is 5.82 Å². The van der Waals surface area contributed by atoms with E-state index in [0.29, 0.717) is 5.56 Å². The first-order valence-electron chi connectivity index (χ1n) is 3.25. The average molecular weight is 232 g/mol. The third-order valence-corrected chi connectivity index (χ3v) is 1.75. The van der Waals surface area contributed by atoms with Crippen LogP contribution in [0.4, 0.5) is 4.39 Å². The topological polar surface area (TPSA) is 21.6 Å². The van der Waals surface area contributed by atoms with Crippen molar-refractivity contribution in [1.29, 1.82) is 0 Å². The third-order valence-electron chi connectivity index (χ3n) is 1.26. The lowest BCUT2D eigenvalue weighted by Crippen LogP contribution is -1.87. The predicted molar refractivity (Wildman–Crippen MR) is 48.7 cm³/mol. The van der Waals surface area contributed by atoms with Gasteiger partial charge in [0, 0.05) is 10.0 Å². The van der Waals surface area contributed by atoms with Crippen LogP contribution in [0.1, 0.15) is 5.56 Å². The Morgan fingerprint density at radius 2 is 2.33 bits per heavy atom. The number of hydrogen-bond donors (Lipinski definition) is 0. The van der Waals surface area contributed by atoms with Crippen molar-refractivity contribution >= 4 is 22.1 Å². The summed E-state index contributed by atoms with van der Waals surface area (Å²) in [6.07, 6.45) is 1.32. The highest BCUT2D eigenvalue weighted by molar-refractivity contribution is 9.10. The van der Waals surface area contributed by atoms with Gasteiger partial charge in [0.15, 0.2) is 0 Å². The first kappa shape index (κ1) is 9.19. The van der Waals surface area contributed by atoms with Crippen LogP contribution in [0, 0.1) is 5.82 Å². The number of rotatable bonds is 2. The molecule has 0 unspecified atom stereocenters. The van der Waals surface area contributed by atoms with Gasteiger partial charge in [0.05, 0.1) is 6.21 Å². The highest BCUT2D eigenvalue weighted by Gasteiger charge is 1.98. The first-order valence-corrected chi connectivity index (χ1v) is 4.05. The van der Waals surface area contributed by atoms with E-state index in [4.69, 9.17) is 0 Å². The van der Waals surface area contributed by atoms with Gasteiger partial charge in [-0.25, -0.2) is 4.39 Å². The molecule has 0 fully saturated rings. The maximum absolute atomic E-state index is 12.9. The summed E-state index contributed by atoms with van der Waals surface area (Å²) in [6, 6.07) is 4.61. The standard InChI is InChI=1S/C8H7BrFNO/c1-12-11-5-6-4-7(9)2-3-8(6)10/h2-5H,1H3/b11-5-. The zero-order chi connectivity index (χ0) is 8.97. The predicted octanol–water partition coefficient (Wildman–Crippen LogP) is 2.57. The van der Waals surface area contributed by atoms with Crippen molar-refractivity contribution in [2.24, 2.45) is 5.16 Å². The summed E-state index contributed by atoms with van der Waals surface area (Å²) in [5.41, 5.74) is 0.395. The summed E-state index contributed by atoms with van der Waals surface area (Å²) in [5.74, 6) is -0.320. The number of halogens is 2. The van der Waals surface area contributed by atoms with Crippen LogP contribution in [0.15, 0.2) is 27.8 Å². The molecular formula is C8H7BrFNO. The highest BCUT2D eigenvalue weighted by Crippen LogP contribution is 2.13. The van der Waals surface area contributed by atoms with Crippen molar-refractivity contribution < 1.29 is 9.23 Å². The minimum Gasteiger partial charge on any atom is -0.399 e. The normalized spacial score (nSPS) is 10.6. The molecule has 1 rings (SSSR count). The lowest BCUT2D eigenvalue weighted by atomic mass is 10.2. The number of hydrogen-bond acceptors (Lipinski definition) is 2. The molecule has 2 nitrogen and oxygen atoms in total. The van der Waals surface area contributed by atoms with E-state index in [1.807, 2.05) is 0 Å². The molecule has 0 N–H and O–H groups in total. The van der Waals surface area contributed by atoms with Gasteiger partial charge in [-0.1, -0.05) is 21.1 Å². The molecule has 0 spiro atoms. The van der Waals surface area contributed by atoms with E-state index in [0.717, 1.165) is 4.47 Å². The molecule has 0 radical (unpaired) electrons. The molecule has 0 saturated heterocycles. The van der Waals surface area contributed by atoms with Crippen LogP contribution in [0.2, 0.25) is 0 Å². The Morgan fingerprint density at radius 3 is 3.00 bits per heavy atom. The first-order chi connectivity index (χ1) is 5.74. The van der Waals surface area contributed by atoms with E-state index in [2.05, 4.69) is 25.9 Å². The van der Waals surface area contributed by atoms with Gasteiger partial charge < -0.3 is 4.84 Å². The van der Waals surface area contributed by atoms with Crippen LogP contribution in [-0.4, -0.2) is 13.3 Å². The molecule has 1 aromatic rings. The van der Waals surface area contributed by atoms with Crippen LogP contribution in [-0.2, 0) is 4.84 Å². The number of oxime groups is 1. The fourth-order valence-corrected chi connectivity index (χ4v) is 1.10. The minimum absolute atomic E-state index is 0.320.